The maximum atomic E-state index is 11.6. The van der Waals surface area contributed by atoms with Crippen LogP contribution in [0.2, 0.25) is 5.15 Å². The second-order valence-electron chi connectivity index (χ2n) is 4.52. The zero-order valence-electron chi connectivity index (χ0n) is 11.9. The van der Waals surface area contributed by atoms with E-state index >= 15 is 0 Å². The van der Waals surface area contributed by atoms with E-state index in [2.05, 4.69) is 4.98 Å². The van der Waals surface area contributed by atoms with Crippen molar-refractivity contribution in [1.29, 1.82) is 0 Å². The molecule has 0 amide bonds. The average Bonchev–Trinajstić information content (AvgIpc) is 2.52. The van der Waals surface area contributed by atoms with E-state index < -0.39 is 5.97 Å². The summed E-state index contributed by atoms with van der Waals surface area (Å²) in [6.07, 6.45) is 1.54. The van der Waals surface area contributed by atoms with Crippen molar-refractivity contribution >= 4 is 23.4 Å². The molecule has 0 N–H and O–H groups in total. The van der Waals surface area contributed by atoms with Gasteiger partial charge in [-0.1, -0.05) is 17.7 Å². The number of esters is 1. The number of carbonyl (C=O) groups excluding carboxylic acids is 2. The highest BCUT2D eigenvalue weighted by molar-refractivity contribution is 6.29. The Kier molecular flexibility index (Phi) is 5.49. The summed E-state index contributed by atoms with van der Waals surface area (Å²) >= 11 is 5.66. The SMILES string of the molecule is CC(=O)c1ccc(OCC(=O)OCc2ccc(Cl)nc2)cc1. The lowest BCUT2D eigenvalue weighted by Crippen LogP contribution is -2.14. The normalized spacial score (nSPS) is 10.1. The second kappa shape index (κ2) is 7.56. The number of ketones is 1. The number of rotatable bonds is 6. The molecule has 1 heterocycles. The smallest absolute Gasteiger partial charge is 0.344 e. The van der Waals surface area contributed by atoms with E-state index in [-0.39, 0.29) is 19.0 Å². The van der Waals surface area contributed by atoms with Gasteiger partial charge in [-0.3, -0.25) is 4.79 Å². The van der Waals surface area contributed by atoms with Crippen LogP contribution in [0.15, 0.2) is 42.6 Å². The molecule has 6 heteroatoms. The highest BCUT2D eigenvalue weighted by Gasteiger charge is 2.06. The van der Waals surface area contributed by atoms with Crippen molar-refractivity contribution < 1.29 is 19.1 Å². The van der Waals surface area contributed by atoms with Gasteiger partial charge < -0.3 is 9.47 Å². The third kappa shape index (κ3) is 4.86. The van der Waals surface area contributed by atoms with Gasteiger partial charge in [-0.15, -0.1) is 0 Å². The van der Waals surface area contributed by atoms with Crippen LogP contribution in [-0.2, 0) is 16.1 Å². The fraction of sp³-hybridized carbons (Fsp3) is 0.188. The van der Waals surface area contributed by atoms with Crippen molar-refractivity contribution in [3.8, 4) is 5.75 Å². The van der Waals surface area contributed by atoms with E-state index in [0.29, 0.717) is 16.5 Å². The number of benzene rings is 1. The Bertz CT molecular complexity index is 653. The molecule has 5 nitrogen and oxygen atoms in total. The maximum absolute atomic E-state index is 11.6. The molecular weight excluding hydrogens is 306 g/mol. The first-order valence-corrected chi connectivity index (χ1v) is 6.92. The highest BCUT2D eigenvalue weighted by atomic mass is 35.5. The summed E-state index contributed by atoms with van der Waals surface area (Å²) in [6, 6.07) is 9.90. The van der Waals surface area contributed by atoms with Gasteiger partial charge in [0.2, 0.25) is 0 Å². The number of hydrogen-bond acceptors (Lipinski definition) is 5. The molecule has 0 atom stereocenters. The lowest BCUT2D eigenvalue weighted by Gasteiger charge is -2.07. The standard InChI is InChI=1S/C16H14ClNO4/c1-11(19)13-3-5-14(6-4-13)21-10-16(20)22-9-12-2-7-15(17)18-8-12/h2-8H,9-10H2,1H3. The molecule has 1 aromatic heterocycles. The second-order valence-corrected chi connectivity index (χ2v) is 4.91. The lowest BCUT2D eigenvalue weighted by atomic mass is 10.1. The summed E-state index contributed by atoms with van der Waals surface area (Å²) in [5, 5.41) is 0.382. The van der Waals surface area contributed by atoms with E-state index in [1.165, 1.54) is 13.1 Å². The maximum Gasteiger partial charge on any atom is 0.344 e. The Morgan fingerprint density at radius 1 is 1.14 bits per heavy atom. The first-order chi connectivity index (χ1) is 10.5. The zero-order valence-corrected chi connectivity index (χ0v) is 12.7. The number of carbonyl (C=O) groups is 2. The van der Waals surface area contributed by atoms with E-state index in [0.717, 1.165) is 5.56 Å². The van der Waals surface area contributed by atoms with Crippen LogP contribution in [0, 0.1) is 0 Å². The molecule has 1 aromatic carbocycles. The zero-order chi connectivity index (χ0) is 15.9. The molecule has 0 saturated heterocycles. The van der Waals surface area contributed by atoms with E-state index in [9.17, 15) is 9.59 Å². The van der Waals surface area contributed by atoms with Crippen molar-refractivity contribution in [2.45, 2.75) is 13.5 Å². The van der Waals surface area contributed by atoms with Gasteiger partial charge >= 0.3 is 5.97 Å². The Labute approximate surface area is 132 Å². The van der Waals surface area contributed by atoms with Crippen LogP contribution < -0.4 is 4.74 Å². The first kappa shape index (κ1) is 16.0. The van der Waals surface area contributed by atoms with Gasteiger partial charge in [0.15, 0.2) is 12.4 Å². The van der Waals surface area contributed by atoms with Crippen LogP contribution >= 0.6 is 11.6 Å². The van der Waals surface area contributed by atoms with Gasteiger partial charge in [0.05, 0.1) is 0 Å². The fourth-order valence-electron chi connectivity index (χ4n) is 1.63. The summed E-state index contributed by atoms with van der Waals surface area (Å²) in [7, 11) is 0. The number of pyridine rings is 1. The molecule has 0 aliphatic carbocycles. The highest BCUT2D eigenvalue weighted by Crippen LogP contribution is 2.12. The number of ether oxygens (including phenoxy) is 2. The number of halogens is 1. The molecular formula is C16H14ClNO4. The summed E-state index contributed by atoms with van der Waals surface area (Å²) < 4.78 is 10.3. The fourth-order valence-corrected chi connectivity index (χ4v) is 1.74. The number of hydrogen-bond donors (Lipinski definition) is 0. The van der Waals surface area contributed by atoms with Crippen LogP contribution in [0.25, 0.3) is 0 Å². The van der Waals surface area contributed by atoms with Crippen molar-refractivity contribution in [1.82, 2.24) is 4.98 Å². The number of Topliss-reactive ketones (excluding diaryl/α,β-unsaturated/α-hetero) is 1. The van der Waals surface area contributed by atoms with Gasteiger partial charge in [0.1, 0.15) is 17.5 Å². The van der Waals surface area contributed by atoms with Crippen molar-refractivity contribution in [2.24, 2.45) is 0 Å². The number of aromatic nitrogens is 1. The molecule has 0 saturated carbocycles. The molecule has 0 bridgehead atoms. The largest absolute Gasteiger partial charge is 0.482 e. The van der Waals surface area contributed by atoms with Crippen LogP contribution in [0.4, 0.5) is 0 Å². The van der Waals surface area contributed by atoms with Crippen LogP contribution in [0.1, 0.15) is 22.8 Å². The molecule has 2 rings (SSSR count). The molecule has 2 aromatic rings. The van der Waals surface area contributed by atoms with Gasteiger partial charge in [-0.05, 0) is 37.3 Å². The van der Waals surface area contributed by atoms with Crippen LogP contribution in [-0.4, -0.2) is 23.3 Å². The van der Waals surface area contributed by atoms with Gasteiger partial charge in [0, 0.05) is 17.3 Å². The first-order valence-electron chi connectivity index (χ1n) is 6.54. The molecule has 0 unspecified atom stereocenters. The number of nitrogens with zero attached hydrogens (tertiary/aromatic N) is 1. The van der Waals surface area contributed by atoms with E-state index in [4.69, 9.17) is 21.1 Å². The van der Waals surface area contributed by atoms with Gasteiger partial charge in [-0.2, -0.15) is 0 Å². The Morgan fingerprint density at radius 2 is 1.86 bits per heavy atom. The predicted octanol–water partition coefficient (Wildman–Crippen LogP) is 3.06. The van der Waals surface area contributed by atoms with Gasteiger partial charge in [-0.25, -0.2) is 9.78 Å². The summed E-state index contributed by atoms with van der Waals surface area (Å²) in [6.45, 7) is 1.38. The topological polar surface area (TPSA) is 65.5 Å². The molecule has 0 fully saturated rings. The minimum Gasteiger partial charge on any atom is -0.482 e. The quantitative estimate of drug-likeness (QED) is 0.465. The third-order valence-electron chi connectivity index (χ3n) is 2.81. The minimum absolute atomic E-state index is 0.0254. The molecule has 22 heavy (non-hydrogen) atoms. The summed E-state index contributed by atoms with van der Waals surface area (Å²) in [5.41, 5.74) is 1.33. The third-order valence-corrected chi connectivity index (χ3v) is 3.03. The molecule has 114 valence electrons. The van der Waals surface area contributed by atoms with E-state index in [1.54, 1.807) is 36.4 Å². The Morgan fingerprint density at radius 3 is 2.45 bits per heavy atom. The van der Waals surface area contributed by atoms with Crippen molar-refractivity contribution in [3.63, 3.8) is 0 Å². The molecule has 0 radical (unpaired) electrons. The lowest BCUT2D eigenvalue weighted by molar-refractivity contribution is -0.147. The monoisotopic (exact) mass is 319 g/mol. The summed E-state index contributed by atoms with van der Waals surface area (Å²) in [4.78, 5) is 26.6. The summed E-state index contributed by atoms with van der Waals surface area (Å²) in [5.74, 6) is -0.0248. The van der Waals surface area contributed by atoms with Crippen molar-refractivity contribution in [2.75, 3.05) is 6.61 Å². The Hall–Kier alpha value is -2.40. The average molecular weight is 320 g/mol. The van der Waals surface area contributed by atoms with Gasteiger partial charge in [0.25, 0.3) is 0 Å². The van der Waals surface area contributed by atoms with Crippen LogP contribution in [0.3, 0.4) is 0 Å². The Balaban J connectivity index is 1.77. The van der Waals surface area contributed by atoms with E-state index in [1.807, 2.05) is 0 Å². The molecule has 0 aliphatic heterocycles. The minimum atomic E-state index is -0.495. The molecule has 0 aliphatic rings. The van der Waals surface area contributed by atoms with Crippen molar-refractivity contribution in [3.05, 3.63) is 58.9 Å². The molecule has 0 spiro atoms. The predicted molar refractivity (Wildman–Crippen MR) is 81.0 cm³/mol. The van der Waals surface area contributed by atoms with Crippen LogP contribution in [0.5, 0.6) is 5.75 Å².